The van der Waals surface area contributed by atoms with Crippen LogP contribution in [0, 0.1) is 5.92 Å². The van der Waals surface area contributed by atoms with Crippen molar-refractivity contribution < 1.29 is 23.7 Å². The monoisotopic (exact) mass is 501 g/mol. The van der Waals surface area contributed by atoms with Crippen LogP contribution in [0.15, 0.2) is 66.9 Å². The van der Waals surface area contributed by atoms with Crippen LogP contribution in [0.5, 0.6) is 11.5 Å². The highest BCUT2D eigenvalue weighted by molar-refractivity contribution is 5.90. The van der Waals surface area contributed by atoms with Gasteiger partial charge in [-0.3, -0.25) is 0 Å². The quantitative estimate of drug-likeness (QED) is 0.333. The van der Waals surface area contributed by atoms with E-state index in [0.29, 0.717) is 24.5 Å². The molecule has 0 bridgehead atoms. The molecule has 37 heavy (non-hydrogen) atoms. The number of ether oxygens (including phenoxy) is 4. The molecule has 2 atom stereocenters. The van der Waals surface area contributed by atoms with Crippen molar-refractivity contribution >= 4 is 16.9 Å². The number of esters is 1. The standard InChI is InChI=1S/C29H31N3O5/c1-18(2)15-35-29(33)21-5-4-6-24(11-21)32-26-10-9-25(12-23(26)14-31-32)37-28(19(3)30)20-7-8-22-16-34-17-36-27(22)13-20/h4-14,18-19,28H,15-17,30H2,1-3H3/t19-,28-/m0/s1. The van der Waals surface area contributed by atoms with Crippen LogP contribution in [0.3, 0.4) is 0 Å². The van der Waals surface area contributed by atoms with E-state index in [1.807, 2.05) is 69.3 Å². The maximum absolute atomic E-state index is 12.4. The first kappa shape index (κ1) is 24.8. The molecule has 0 spiro atoms. The third-order valence-electron chi connectivity index (χ3n) is 6.13. The Labute approximate surface area is 215 Å². The van der Waals surface area contributed by atoms with Gasteiger partial charge in [0.2, 0.25) is 0 Å². The summed E-state index contributed by atoms with van der Waals surface area (Å²) in [5.74, 6) is 1.41. The molecule has 0 amide bonds. The number of benzene rings is 3. The summed E-state index contributed by atoms with van der Waals surface area (Å²) in [6, 6.07) is 18.8. The summed E-state index contributed by atoms with van der Waals surface area (Å²) in [4.78, 5) is 12.4. The molecule has 8 heteroatoms. The maximum Gasteiger partial charge on any atom is 0.338 e. The van der Waals surface area contributed by atoms with Gasteiger partial charge in [0.1, 0.15) is 17.6 Å². The summed E-state index contributed by atoms with van der Waals surface area (Å²) in [5.41, 5.74) is 10.4. The number of hydrogen-bond acceptors (Lipinski definition) is 7. The lowest BCUT2D eigenvalue weighted by molar-refractivity contribution is -0.0165. The molecule has 2 heterocycles. The van der Waals surface area contributed by atoms with Gasteiger partial charge in [-0.2, -0.15) is 5.10 Å². The third kappa shape index (κ3) is 5.45. The molecular weight excluding hydrogens is 470 g/mol. The van der Waals surface area contributed by atoms with Crippen LogP contribution >= 0.6 is 0 Å². The smallest absolute Gasteiger partial charge is 0.338 e. The lowest BCUT2D eigenvalue weighted by Gasteiger charge is -2.25. The summed E-state index contributed by atoms with van der Waals surface area (Å²) < 4.78 is 24.5. The van der Waals surface area contributed by atoms with Crippen molar-refractivity contribution in [1.82, 2.24) is 9.78 Å². The van der Waals surface area contributed by atoms with Crippen LogP contribution in [0.1, 0.15) is 48.4 Å². The predicted octanol–water partition coefficient (Wildman–Crippen LogP) is 5.17. The van der Waals surface area contributed by atoms with Crippen molar-refractivity contribution in [2.45, 2.75) is 39.5 Å². The molecule has 4 aromatic rings. The lowest BCUT2D eigenvalue weighted by atomic mass is 10.0. The van der Waals surface area contributed by atoms with Crippen LogP contribution in [-0.2, 0) is 16.1 Å². The van der Waals surface area contributed by atoms with Crippen LogP contribution < -0.4 is 15.2 Å². The van der Waals surface area contributed by atoms with E-state index in [-0.39, 0.29) is 30.8 Å². The van der Waals surface area contributed by atoms with Gasteiger partial charge in [-0.15, -0.1) is 0 Å². The van der Waals surface area contributed by atoms with Gasteiger partial charge < -0.3 is 24.7 Å². The molecule has 1 aromatic heterocycles. The lowest BCUT2D eigenvalue weighted by Crippen LogP contribution is -2.29. The van der Waals surface area contributed by atoms with Gasteiger partial charge in [-0.25, -0.2) is 9.48 Å². The molecule has 0 unspecified atom stereocenters. The first-order chi connectivity index (χ1) is 17.9. The minimum atomic E-state index is -0.363. The van der Waals surface area contributed by atoms with E-state index >= 15 is 0 Å². The van der Waals surface area contributed by atoms with E-state index in [1.54, 1.807) is 23.0 Å². The number of rotatable bonds is 8. The van der Waals surface area contributed by atoms with E-state index in [1.165, 1.54) is 0 Å². The van der Waals surface area contributed by atoms with Crippen molar-refractivity contribution in [3.05, 3.63) is 83.6 Å². The Morgan fingerprint density at radius 1 is 1.11 bits per heavy atom. The molecule has 1 aliphatic heterocycles. The van der Waals surface area contributed by atoms with Gasteiger partial charge >= 0.3 is 5.97 Å². The summed E-state index contributed by atoms with van der Waals surface area (Å²) in [6.07, 6.45) is 1.41. The second-order valence-electron chi connectivity index (χ2n) is 9.70. The van der Waals surface area contributed by atoms with Crippen molar-refractivity contribution in [3.63, 3.8) is 0 Å². The van der Waals surface area contributed by atoms with Crippen molar-refractivity contribution in [2.24, 2.45) is 11.7 Å². The first-order valence-electron chi connectivity index (χ1n) is 12.4. The SMILES string of the molecule is CC(C)COC(=O)c1cccc(-n2ncc3cc(O[C@H](c4ccc5c(c4)OCOC5)[C@H](C)N)ccc32)c1. The summed E-state index contributed by atoms with van der Waals surface area (Å²) in [6.45, 7) is 7.08. The van der Waals surface area contributed by atoms with Gasteiger partial charge in [0.05, 0.1) is 36.2 Å². The first-order valence-corrected chi connectivity index (χ1v) is 12.4. The van der Waals surface area contributed by atoms with Gasteiger partial charge in [0, 0.05) is 17.0 Å². The Bertz CT molecular complexity index is 1410. The largest absolute Gasteiger partial charge is 0.484 e. The molecule has 0 aliphatic carbocycles. The van der Waals surface area contributed by atoms with Crippen molar-refractivity contribution in [3.8, 4) is 17.2 Å². The molecule has 0 radical (unpaired) electrons. The Morgan fingerprint density at radius 2 is 1.97 bits per heavy atom. The van der Waals surface area contributed by atoms with Crippen LogP contribution in [-0.4, -0.2) is 35.2 Å². The number of carbonyl (C=O) groups is 1. The molecule has 0 saturated heterocycles. The van der Waals surface area contributed by atoms with E-state index in [0.717, 1.165) is 33.5 Å². The van der Waals surface area contributed by atoms with E-state index < -0.39 is 0 Å². The number of hydrogen-bond donors (Lipinski definition) is 1. The fourth-order valence-corrected chi connectivity index (χ4v) is 4.26. The molecule has 5 rings (SSSR count). The molecule has 8 nitrogen and oxygen atoms in total. The van der Waals surface area contributed by atoms with Crippen LogP contribution in [0.2, 0.25) is 0 Å². The average molecular weight is 502 g/mol. The van der Waals surface area contributed by atoms with E-state index in [4.69, 9.17) is 24.7 Å². The minimum absolute atomic E-state index is 0.239. The van der Waals surface area contributed by atoms with E-state index in [9.17, 15) is 4.79 Å². The zero-order chi connectivity index (χ0) is 25.9. The van der Waals surface area contributed by atoms with Crippen molar-refractivity contribution in [2.75, 3.05) is 13.4 Å². The maximum atomic E-state index is 12.4. The fourth-order valence-electron chi connectivity index (χ4n) is 4.26. The molecule has 0 saturated carbocycles. The molecule has 192 valence electrons. The Balaban J connectivity index is 1.38. The van der Waals surface area contributed by atoms with Gasteiger partial charge in [-0.1, -0.05) is 32.0 Å². The zero-order valence-corrected chi connectivity index (χ0v) is 21.2. The predicted molar refractivity (Wildman–Crippen MR) is 140 cm³/mol. The normalized spacial score (nSPS) is 14.6. The number of nitrogens with zero attached hydrogens (tertiary/aromatic N) is 2. The Hall–Kier alpha value is -3.88. The Kier molecular flexibility index (Phi) is 7.12. The van der Waals surface area contributed by atoms with Gasteiger partial charge in [0.15, 0.2) is 6.79 Å². The molecular formula is C29H31N3O5. The Morgan fingerprint density at radius 3 is 2.78 bits per heavy atom. The van der Waals surface area contributed by atoms with E-state index in [2.05, 4.69) is 5.10 Å². The van der Waals surface area contributed by atoms with Gasteiger partial charge in [-0.05, 0) is 60.9 Å². The number of fused-ring (bicyclic) bond motifs is 2. The number of nitrogens with two attached hydrogens (primary N) is 1. The third-order valence-corrected chi connectivity index (χ3v) is 6.13. The number of aromatic nitrogens is 2. The minimum Gasteiger partial charge on any atom is -0.484 e. The second-order valence-corrected chi connectivity index (χ2v) is 9.70. The zero-order valence-electron chi connectivity index (χ0n) is 21.2. The molecule has 0 fully saturated rings. The van der Waals surface area contributed by atoms with Crippen molar-refractivity contribution in [1.29, 1.82) is 0 Å². The molecule has 1 aliphatic rings. The highest BCUT2D eigenvalue weighted by atomic mass is 16.7. The topological polar surface area (TPSA) is 97.8 Å². The van der Waals surface area contributed by atoms with Crippen LogP contribution in [0.25, 0.3) is 16.6 Å². The summed E-state index contributed by atoms with van der Waals surface area (Å²) in [5, 5.41) is 5.46. The summed E-state index contributed by atoms with van der Waals surface area (Å²) >= 11 is 0. The average Bonchev–Trinajstić information content (AvgIpc) is 3.33. The number of carbonyl (C=O) groups excluding carboxylic acids is 1. The van der Waals surface area contributed by atoms with Gasteiger partial charge in [0.25, 0.3) is 0 Å². The highest BCUT2D eigenvalue weighted by Crippen LogP contribution is 2.32. The fraction of sp³-hybridized carbons (Fsp3) is 0.310. The summed E-state index contributed by atoms with van der Waals surface area (Å²) in [7, 11) is 0. The second kappa shape index (κ2) is 10.6. The highest BCUT2D eigenvalue weighted by Gasteiger charge is 2.22. The molecule has 2 N–H and O–H groups in total. The molecule has 3 aromatic carbocycles. The van der Waals surface area contributed by atoms with Crippen LogP contribution in [0.4, 0.5) is 0 Å².